The summed E-state index contributed by atoms with van der Waals surface area (Å²) in [7, 11) is 1.57. The molecule has 1 heterocycles. The number of nitrogens with zero attached hydrogens (tertiary/aromatic N) is 1. The molecule has 1 unspecified atom stereocenters. The minimum Gasteiger partial charge on any atom is -0.468 e. The molecule has 2 amide bonds. The van der Waals surface area contributed by atoms with Crippen molar-refractivity contribution in [1.82, 2.24) is 0 Å². The van der Waals surface area contributed by atoms with Crippen molar-refractivity contribution in [2.24, 2.45) is 5.73 Å². The quantitative estimate of drug-likeness (QED) is 0.676. The van der Waals surface area contributed by atoms with E-state index in [1.165, 1.54) is 4.90 Å². The zero-order valence-electron chi connectivity index (χ0n) is 8.98. The lowest BCUT2D eigenvalue weighted by molar-refractivity contribution is -0.136. The van der Waals surface area contributed by atoms with Crippen LogP contribution in [0.2, 0.25) is 0 Å². The molecule has 0 aromatic heterocycles. The number of hydrogen-bond donors (Lipinski definition) is 1. The Morgan fingerprint density at radius 2 is 2.31 bits per heavy atom. The van der Waals surface area contributed by atoms with Gasteiger partial charge in [-0.1, -0.05) is 0 Å². The molecule has 0 saturated heterocycles. The molecule has 0 aliphatic carbocycles. The molecule has 2 rings (SSSR count). The van der Waals surface area contributed by atoms with Crippen molar-refractivity contribution in [3.63, 3.8) is 0 Å². The summed E-state index contributed by atoms with van der Waals surface area (Å²) in [6.45, 7) is 1.85. The Morgan fingerprint density at radius 1 is 1.62 bits per heavy atom. The highest BCUT2D eigenvalue weighted by molar-refractivity contribution is 6.11. The summed E-state index contributed by atoms with van der Waals surface area (Å²) in [5, 5.41) is 0. The van der Waals surface area contributed by atoms with Crippen molar-refractivity contribution in [1.29, 1.82) is 0 Å². The van der Waals surface area contributed by atoms with Crippen LogP contribution in [0.5, 0.6) is 5.75 Å². The lowest BCUT2D eigenvalue weighted by Gasteiger charge is -2.30. The van der Waals surface area contributed by atoms with Crippen LogP contribution in [0, 0.1) is 13.0 Å². The topological polar surface area (TPSA) is 72.6 Å². The van der Waals surface area contributed by atoms with Gasteiger partial charge >= 0.3 is 0 Å². The lowest BCUT2D eigenvalue weighted by Crippen LogP contribution is -2.50. The number of primary amides is 1. The molecule has 16 heavy (non-hydrogen) atoms. The van der Waals surface area contributed by atoms with Gasteiger partial charge in [0.1, 0.15) is 5.75 Å². The predicted molar refractivity (Wildman–Crippen MR) is 57.0 cm³/mol. The van der Waals surface area contributed by atoms with Crippen LogP contribution in [0.3, 0.4) is 0 Å². The van der Waals surface area contributed by atoms with Crippen molar-refractivity contribution >= 4 is 17.5 Å². The average Bonchev–Trinajstić information content (AvgIpc) is 2.22. The van der Waals surface area contributed by atoms with Crippen molar-refractivity contribution in [2.75, 3.05) is 11.9 Å². The first-order valence-corrected chi connectivity index (χ1v) is 4.76. The van der Waals surface area contributed by atoms with Gasteiger partial charge < -0.3 is 15.4 Å². The van der Waals surface area contributed by atoms with Gasteiger partial charge in [0.2, 0.25) is 0 Å². The SMILES string of the molecule is Cc1[c]cc2c(c1)OC(C(N)=O)C(=O)N2C. The van der Waals surface area contributed by atoms with Crippen LogP contribution in [0.1, 0.15) is 5.56 Å². The Bertz CT molecular complexity index is 470. The minimum atomic E-state index is -1.24. The number of ether oxygens (including phenoxy) is 1. The highest BCUT2D eigenvalue weighted by atomic mass is 16.5. The zero-order chi connectivity index (χ0) is 11.9. The number of carbonyl (C=O) groups excluding carboxylic acids is 2. The van der Waals surface area contributed by atoms with Gasteiger partial charge in [-0.2, -0.15) is 0 Å². The number of likely N-dealkylation sites (N-methyl/N-ethyl adjacent to an activating group) is 1. The van der Waals surface area contributed by atoms with E-state index in [4.69, 9.17) is 10.5 Å². The maximum Gasteiger partial charge on any atom is 0.277 e. The van der Waals surface area contributed by atoms with Crippen LogP contribution in [0.25, 0.3) is 0 Å². The van der Waals surface area contributed by atoms with Crippen LogP contribution in [0.4, 0.5) is 5.69 Å². The largest absolute Gasteiger partial charge is 0.468 e. The normalized spacial score (nSPS) is 19.0. The molecule has 0 fully saturated rings. The Hall–Kier alpha value is -2.04. The zero-order valence-corrected chi connectivity index (χ0v) is 8.98. The van der Waals surface area contributed by atoms with E-state index in [2.05, 4.69) is 6.07 Å². The monoisotopic (exact) mass is 219 g/mol. The summed E-state index contributed by atoms with van der Waals surface area (Å²) in [5.74, 6) is -0.771. The van der Waals surface area contributed by atoms with E-state index in [-0.39, 0.29) is 0 Å². The summed E-state index contributed by atoms with van der Waals surface area (Å²) in [6.07, 6.45) is -1.24. The first kappa shape index (κ1) is 10.5. The van der Waals surface area contributed by atoms with Crippen LogP contribution >= 0.6 is 0 Å². The van der Waals surface area contributed by atoms with Crippen molar-refractivity contribution in [3.8, 4) is 5.75 Å². The molecule has 0 spiro atoms. The van der Waals surface area contributed by atoms with E-state index in [1.807, 2.05) is 6.92 Å². The maximum atomic E-state index is 11.7. The molecule has 0 bridgehead atoms. The Kier molecular flexibility index (Phi) is 2.30. The fourth-order valence-electron chi connectivity index (χ4n) is 1.57. The summed E-state index contributed by atoms with van der Waals surface area (Å²) in [6, 6.07) is 6.33. The van der Waals surface area contributed by atoms with E-state index in [1.54, 1.807) is 19.2 Å². The molecule has 2 N–H and O–H groups in total. The molecule has 1 radical (unpaired) electrons. The molecule has 83 valence electrons. The van der Waals surface area contributed by atoms with Crippen LogP contribution in [-0.4, -0.2) is 25.0 Å². The number of anilines is 1. The van der Waals surface area contributed by atoms with Gasteiger partial charge in [0, 0.05) is 7.05 Å². The summed E-state index contributed by atoms with van der Waals surface area (Å²) >= 11 is 0. The number of amides is 2. The van der Waals surface area contributed by atoms with Crippen LogP contribution in [-0.2, 0) is 9.59 Å². The van der Waals surface area contributed by atoms with Gasteiger partial charge in [-0.25, -0.2) is 0 Å². The van der Waals surface area contributed by atoms with Gasteiger partial charge in [0.05, 0.1) is 5.69 Å². The van der Waals surface area contributed by atoms with Crippen molar-refractivity contribution in [3.05, 3.63) is 23.8 Å². The summed E-state index contributed by atoms with van der Waals surface area (Å²) < 4.78 is 5.27. The van der Waals surface area contributed by atoms with Crippen LogP contribution in [0.15, 0.2) is 12.1 Å². The van der Waals surface area contributed by atoms with Crippen molar-refractivity contribution < 1.29 is 14.3 Å². The van der Waals surface area contributed by atoms with Gasteiger partial charge in [0.25, 0.3) is 17.9 Å². The third kappa shape index (κ3) is 1.50. The van der Waals surface area contributed by atoms with Gasteiger partial charge in [-0.3, -0.25) is 9.59 Å². The number of nitrogens with two attached hydrogens (primary N) is 1. The number of fused-ring (bicyclic) bond motifs is 1. The lowest BCUT2D eigenvalue weighted by atomic mass is 10.1. The first-order chi connectivity index (χ1) is 7.50. The Balaban J connectivity index is 2.48. The number of carbonyl (C=O) groups is 2. The summed E-state index contributed by atoms with van der Waals surface area (Å²) in [4.78, 5) is 24.1. The van der Waals surface area contributed by atoms with Gasteiger partial charge in [-0.15, -0.1) is 0 Å². The van der Waals surface area contributed by atoms with Gasteiger partial charge in [0.15, 0.2) is 0 Å². The molecular weight excluding hydrogens is 208 g/mol. The standard InChI is InChI=1S/C11H11N2O3/c1-6-3-4-7-8(5-6)16-9(10(12)14)11(15)13(7)2/h4-5,9H,1-2H3,(H2,12,14). The molecule has 5 nitrogen and oxygen atoms in total. The molecular formula is C11H11N2O3. The molecule has 0 saturated carbocycles. The third-order valence-corrected chi connectivity index (χ3v) is 2.46. The minimum absolute atomic E-state index is 0.461. The number of hydrogen-bond acceptors (Lipinski definition) is 3. The third-order valence-electron chi connectivity index (χ3n) is 2.46. The number of aryl methyl sites for hydroxylation is 1. The second kappa shape index (κ2) is 3.52. The smallest absolute Gasteiger partial charge is 0.277 e. The number of benzene rings is 1. The van der Waals surface area contributed by atoms with Crippen LogP contribution < -0.4 is 15.4 Å². The molecule has 1 aromatic rings. The molecule has 1 aliphatic heterocycles. The fourth-order valence-corrected chi connectivity index (χ4v) is 1.57. The fraction of sp³-hybridized carbons (Fsp3) is 0.273. The first-order valence-electron chi connectivity index (χ1n) is 4.76. The molecule has 5 heteroatoms. The highest BCUT2D eigenvalue weighted by Crippen LogP contribution is 2.33. The molecule has 1 atom stereocenters. The molecule has 1 aromatic carbocycles. The van der Waals surface area contributed by atoms with E-state index in [0.29, 0.717) is 11.4 Å². The van der Waals surface area contributed by atoms with E-state index in [9.17, 15) is 9.59 Å². The maximum absolute atomic E-state index is 11.7. The number of rotatable bonds is 1. The highest BCUT2D eigenvalue weighted by Gasteiger charge is 2.36. The van der Waals surface area contributed by atoms with Gasteiger partial charge in [-0.05, 0) is 30.7 Å². The predicted octanol–water partition coefficient (Wildman–Crippen LogP) is 0.00431. The van der Waals surface area contributed by atoms with E-state index >= 15 is 0 Å². The average molecular weight is 219 g/mol. The summed E-state index contributed by atoms with van der Waals surface area (Å²) in [5.41, 5.74) is 6.55. The Labute approximate surface area is 92.8 Å². The van der Waals surface area contributed by atoms with E-state index < -0.39 is 17.9 Å². The van der Waals surface area contributed by atoms with E-state index in [0.717, 1.165) is 5.56 Å². The Morgan fingerprint density at radius 3 is 2.94 bits per heavy atom. The second-order valence-corrected chi connectivity index (χ2v) is 3.66. The molecule has 1 aliphatic rings. The van der Waals surface area contributed by atoms with Crippen molar-refractivity contribution in [2.45, 2.75) is 13.0 Å². The second-order valence-electron chi connectivity index (χ2n) is 3.66.